The standard InChI is InChI=1S/C7H14N2O/c8-6-4-2-1-3-5-7-9-10/h6,8H,1-5,7H2. The number of hydrogen-bond acceptors (Lipinski definition) is 3. The van der Waals surface area contributed by atoms with Crippen molar-refractivity contribution in [2.75, 3.05) is 6.54 Å². The van der Waals surface area contributed by atoms with Crippen molar-refractivity contribution in [1.29, 1.82) is 5.41 Å². The van der Waals surface area contributed by atoms with Gasteiger partial charge in [-0.05, 0) is 25.5 Å². The predicted molar refractivity (Wildman–Crippen MR) is 42.5 cm³/mol. The summed E-state index contributed by atoms with van der Waals surface area (Å²) in [5.41, 5.74) is 0. The van der Waals surface area contributed by atoms with E-state index in [0.29, 0.717) is 6.54 Å². The first kappa shape index (κ1) is 9.27. The maximum Gasteiger partial charge on any atom is 0.0811 e. The normalized spacial score (nSPS) is 9.20. The van der Waals surface area contributed by atoms with Gasteiger partial charge in [-0.1, -0.05) is 18.0 Å². The van der Waals surface area contributed by atoms with Crippen molar-refractivity contribution in [2.24, 2.45) is 5.18 Å². The van der Waals surface area contributed by atoms with Gasteiger partial charge in [0.15, 0.2) is 0 Å². The van der Waals surface area contributed by atoms with Crippen molar-refractivity contribution in [3.05, 3.63) is 4.91 Å². The number of nitroso groups, excluding NO2 is 1. The number of rotatable bonds is 7. The third-order valence-corrected chi connectivity index (χ3v) is 1.35. The van der Waals surface area contributed by atoms with Gasteiger partial charge in [0, 0.05) is 0 Å². The van der Waals surface area contributed by atoms with Crippen molar-refractivity contribution in [3.8, 4) is 0 Å². The van der Waals surface area contributed by atoms with Crippen LogP contribution in [0.1, 0.15) is 32.1 Å². The van der Waals surface area contributed by atoms with Crippen molar-refractivity contribution in [3.63, 3.8) is 0 Å². The molecule has 0 rings (SSSR count). The van der Waals surface area contributed by atoms with Crippen LogP contribution in [-0.4, -0.2) is 12.8 Å². The van der Waals surface area contributed by atoms with Crippen LogP contribution in [0.25, 0.3) is 0 Å². The van der Waals surface area contributed by atoms with Gasteiger partial charge in [-0.2, -0.15) is 4.91 Å². The van der Waals surface area contributed by atoms with E-state index in [-0.39, 0.29) is 0 Å². The molecule has 0 atom stereocenters. The molecule has 1 N–H and O–H groups in total. The summed E-state index contributed by atoms with van der Waals surface area (Å²) in [7, 11) is 0. The lowest BCUT2D eigenvalue weighted by molar-refractivity contribution is 0.660. The molecule has 3 heteroatoms. The summed E-state index contributed by atoms with van der Waals surface area (Å²) in [4.78, 5) is 9.61. The third kappa shape index (κ3) is 7.27. The zero-order valence-corrected chi connectivity index (χ0v) is 6.18. The van der Waals surface area contributed by atoms with Gasteiger partial charge in [0.25, 0.3) is 0 Å². The van der Waals surface area contributed by atoms with E-state index in [0.717, 1.165) is 32.1 Å². The van der Waals surface area contributed by atoms with Gasteiger partial charge >= 0.3 is 0 Å². The molecule has 0 saturated heterocycles. The van der Waals surface area contributed by atoms with Crippen molar-refractivity contribution < 1.29 is 0 Å². The van der Waals surface area contributed by atoms with Crippen LogP contribution in [0.2, 0.25) is 0 Å². The van der Waals surface area contributed by atoms with Crippen LogP contribution in [0.4, 0.5) is 0 Å². The second-order valence-corrected chi connectivity index (χ2v) is 2.26. The van der Waals surface area contributed by atoms with Gasteiger partial charge in [-0.25, -0.2) is 0 Å². The van der Waals surface area contributed by atoms with E-state index in [4.69, 9.17) is 5.41 Å². The molecule has 0 fully saturated rings. The molecule has 0 spiro atoms. The van der Waals surface area contributed by atoms with E-state index in [1.165, 1.54) is 6.21 Å². The summed E-state index contributed by atoms with van der Waals surface area (Å²) in [5, 5.41) is 9.48. The van der Waals surface area contributed by atoms with Gasteiger partial charge in [0.05, 0.1) is 6.54 Å². The van der Waals surface area contributed by atoms with E-state index < -0.39 is 0 Å². The minimum absolute atomic E-state index is 0.449. The van der Waals surface area contributed by atoms with Crippen molar-refractivity contribution in [2.45, 2.75) is 32.1 Å². The monoisotopic (exact) mass is 142 g/mol. The van der Waals surface area contributed by atoms with Crippen LogP contribution in [0, 0.1) is 10.3 Å². The Kier molecular flexibility index (Phi) is 7.67. The zero-order chi connectivity index (χ0) is 7.66. The summed E-state index contributed by atoms with van der Waals surface area (Å²) in [6, 6.07) is 0. The van der Waals surface area contributed by atoms with Crippen LogP contribution in [0.3, 0.4) is 0 Å². The van der Waals surface area contributed by atoms with Crippen LogP contribution >= 0.6 is 0 Å². The first-order valence-corrected chi connectivity index (χ1v) is 3.70. The fourth-order valence-electron chi connectivity index (χ4n) is 0.776. The molecule has 0 aromatic rings. The molecule has 0 heterocycles. The van der Waals surface area contributed by atoms with E-state index in [9.17, 15) is 4.91 Å². The molecule has 10 heavy (non-hydrogen) atoms. The Labute approximate surface area is 61.3 Å². The second-order valence-electron chi connectivity index (χ2n) is 2.26. The minimum Gasteiger partial charge on any atom is -0.313 e. The highest BCUT2D eigenvalue weighted by molar-refractivity contribution is 5.52. The largest absolute Gasteiger partial charge is 0.313 e. The Morgan fingerprint density at radius 3 is 2.50 bits per heavy atom. The Morgan fingerprint density at radius 2 is 1.90 bits per heavy atom. The van der Waals surface area contributed by atoms with E-state index in [1.54, 1.807) is 0 Å². The topological polar surface area (TPSA) is 53.3 Å². The van der Waals surface area contributed by atoms with Gasteiger partial charge in [-0.3, -0.25) is 0 Å². The number of unbranched alkanes of at least 4 members (excludes halogenated alkanes) is 4. The highest BCUT2D eigenvalue weighted by atomic mass is 16.3. The highest BCUT2D eigenvalue weighted by Crippen LogP contribution is 2.01. The van der Waals surface area contributed by atoms with Crippen molar-refractivity contribution in [1.82, 2.24) is 0 Å². The smallest absolute Gasteiger partial charge is 0.0811 e. The van der Waals surface area contributed by atoms with Gasteiger partial charge in [0.2, 0.25) is 0 Å². The molecule has 58 valence electrons. The quantitative estimate of drug-likeness (QED) is 0.331. The van der Waals surface area contributed by atoms with E-state index >= 15 is 0 Å². The molecule has 0 radical (unpaired) electrons. The summed E-state index contributed by atoms with van der Waals surface area (Å²) in [6.45, 7) is 0.449. The Hall–Kier alpha value is -0.730. The summed E-state index contributed by atoms with van der Waals surface area (Å²) >= 11 is 0. The second kappa shape index (κ2) is 8.27. The average Bonchev–Trinajstić information content (AvgIpc) is 1.97. The SMILES string of the molecule is N=CCCCCCCN=O. The lowest BCUT2D eigenvalue weighted by Gasteiger charge is -1.93. The number of hydrogen-bond donors (Lipinski definition) is 1. The fraction of sp³-hybridized carbons (Fsp3) is 0.857. The molecule has 0 bridgehead atoms. The van der Waals surface area contributed by atoms with Gasteiger partial charge < -0.3 is 5.41 Å². The number of nitrogens with zero attached hydrogens (tertiary/aromatic N) is 1. The molecule has 0 amide bonds. The lowest BCUT2D eigenvalue weighted by atomic mass is 10.1. The van der Waals surface area contributed by atoms with Crippen LogP contribution in [0.15, 0.2) is 5.18 Å². The summed E-state index contributed by atoms with van der Waals surface area (Å²) < 4.78 is 0. The minimum atomic E-state index is 0.449. The lowest BCUT2D eigenvalue weighted by Crippen LogP contribution is -1.81. The molecule has 3 nitrogen and oxygen atoms in total. The Bertz CT molecular complexity index is 81.6. The first-order valence-electron chi connectivity index (χ1n) is 3.70. The molecular formula is C7H14N2O. The van der Waals surface area contributed by atoms with Crippen LogP contribution in [-0.2, 0) is 0 Å². The zero-order valence-electron chi connectivity index (χ0n) is 6.18. The Morgan fingerprint density at radius 1 is 1.20 bits per heavy atom. The average molecular weight is 142 g/mol. The first-order chi connectivity index (χ1) is 4.91. The molecule has 0 aromatic heterocycles. The summed E-state index contributed by atoms with van der Waals surface area (Å²) in [6.07, 6.45) is 6.46. The van der Waals surface area contributed by atoms with Gasteiger partial charge in [-0.15, -0.1) is 0 Å². The van der Waals surface area contributed by atoms with Crippen molar-refractivity contribution >= 4 is 6.21 Å². The fourth-order valence-corrected chi connectivity index (χ4v) is 0.776. The molecule has 0 saturated carbocycles. The van der Waals surface area contributed by atoms with E-state index in [1.807, 2.05) is 0 Å². The number of nitrogens with one attached hydrogen (secondary N) is 1. The molecular weight excluding hydrogens is 128 g/mol. The third-order valence-electron chi connectivity index (χ3n) is 1.35. The maximum atomic E-state index is 9.61. The Balaban J connectivity index is 2.76. The van der Waals surface area contributed by atoms with Gasteiger partial charge in [0.1, 0.15) is 0 Å². The molecule has 0 unspecified atom stereocenters. The van der Waals surface area contributed by atoms with E-state index in [2.05, 4.69) is 5.18 Å². The molecule has 0 aliphatic carbocycles. The molecule has 0 aliphatic rings. The maximum absolute atomic E-state index is 9.61. The van der Waals surface area contributed by atoms with Crippen LogP contribution in [0.5, 0.6) is 0 Å². The summed E-state index contributed by atoms with van der Waals surface area (Å²) in [5.74, 6) is 0. The molecule has 0 aromatic carbocycles. The molecule has 0 aliphatic heterocycles. The predicted octanol–water partition coefficient (Wildman–Crippen LogP) is 2.35. The highest BCUT2D eigenvalue weighted by Gasteiger charge is 1.87. The van der Waals surface area contributed by atoms with Crippen LogP contribution < -0.4 is 0 Å².